The minimum Gasteiger partial charge on any atom is -0.395 e. The van der Waals surface area contributed by atoms with Gasteiger partial charge in [0.2, 0.25) is 5.91 Å². The Morgan fingerprint density at radius 2 is 2.21 bits per heavy atom. The fourth-order valence-corrected chi connectivity index (χ4v) is 2.07. The fourth-order valence-electron chi connectivity index (χ4n) is 2.07. The third kappa shape index (κ3) is 3.33. The standard InChI is InChI=1S/C15H16FNO2/c16-14-8-7-13(11-12(14)5-2-4-10-18)17-9-3-1-6-15(17)19/h7-8,11,18H,1,3-4,6,9-10H2. The lowest BCUT2D eigenvalue weighted by atomic mass is 10.1. The molecule has 3 nitrogen and oxygen atoms in total. The number of anilines is 1. The van der Waals surface area contributed by atoms with E-state index < -0.39 is 5.82 Å². The van der Waals surface area contributed by atoms with Crippen LogP contribution in [0.15, 0.2) is 18.2 Å². The van der Waals surface area contributed by atoms with Crippen LogP contribution in [0.5, 0.6) is 0 Å². The van der Waals surface area contributed by atoms with Crippen molar-refractivity contribution in [3.63, 3.8) is 0 Å². The molecule has 0 radical (unpaired) electrons. The zero-order valence-corrected chi connectivity index (χ0v) is 10.7. The van der Waals surface area contributed by atoms with E-state index in [0.29, 0.717) is 25.1 Å². The van der Waals surface area contributed by atoms with Crippen molar-refractivity contribution < 1.29 is 14.3 Å². The molecule has 0 aliphatic carbocycles. The Labute approximate surface area is 112 Å². The first-order valence-electron chi connectivity index (χ1n) is 6.42. The van der Waals surface area contributed by atoms with Crippen LogP contribution >= 0.6 is 0 Å². The largest absolute Gasteiger partial charge is 0.395 e. The van der Waals surface area contributed by atoms with E-state index in [2.05, 4.69) is 11.8 Å². The van der Waals surface area contributed by atoms with Crippen molar-refractivity contribution in [2.45, 2.75) is 25.7 Å². The summed E-state index contributed by atoms with van der Waals surface area (Å²) in [4.78, 5) is 13.5. The van der Waals surface area contributed by atoms with Crippen LogP contribution in [-0.4, -0.2) is 24.2 Å². The smallest absolute Gasteiger partial charge is 0.226 e. The van der Waals surface area contributed by atoms with Gasteiger partial charge < -0.3 is 10.0 Å². The number of halogens is 1. The molecule has 1 aromatic rings. The Hall–Kier alpha value is -1.86. The summed E-state index contributed by atoms with van der Waals surface area (Å²) >= 11 is 0. The van der Waals surface area contributed by atoms with E-state index in [1.807, 2.05) is 0 Å². The van der Waals surface area contributed by atoms with Gasteiger partial charge in [-0.15, -0.1) is 0 Å². The third-order valence-corrected chi connectivity index (χ3v) is 3.04. The molecule has 4 heteroatoms. The molecule has 1 aliphatic rings. The van der Waals surface area contributed by atoms with E-state index in [9.17, 15) is 9.18 Å². The second-order valence-corrected chi connectivity index (χ2v) is 4.44. The van der Waals surface area contributed by atoms with Gasteiger partial charge in [0.1, 0.15) is 5.82 Å². The van der Waals surface area contributed by atoms with E-state index in [1.165, 1.54) is 6.07 Å². The summed E-state index contributed by atoms with van der Waals surface area (Å²) in [5, 5.41) is 8.66. The SMILES string of the molecule is O=C1CCCCN1c1ccc(F)c(C#CCCO)c1. The lowest BCUT2D eigenvalue weighted by Gasteiger charge is -2.26. The van der Waals surface area contributed by atoms with Gasteiger partial charge in [0.05, 0.1) is 12.2 Å². The van der Waals surface area contributed by atoms with Gasteiger partial charge in [-0.05, 0) is 31.0 Å². The lowest BCUT2D eigenvalue weighted by Crippen LogP contribution is -2.35. The summed E-state index contributed by atoms with van der Waals surface area (Å²) in [6.45, 7) is 0.632. The predicted octanol–water partition coefficient (Wildman–Crippen LogP) is 2.08. The van der Waals surface area contributed by atoms with Crippen LogP contribution in [0.25, 0.3) is 0 Å². The molecule has 0 atom stereocenters. The molecule has 1 amide bonds. The van der Waals surface area contributed by atoms with E-state index in [4.69, 9.17) is 5.11 Å². The first-order valence-corrected chi connectivity index (χ1v) is 6.42. The van der Waals surface area contributed by atoms with Crippen LogP contribution in [0.2, 0.25) is 0 Å². The van der Waals surface area contributed by atoms with Crippen LogP contribution in [0.1, 0.15) is 31.2 Å². The summed E-state index contributed by atoms with van der Waals surface area (Å²) in [6.07, 6.45) is 2.74. The maximum atomic E-state index is 13.6. The number of benzene rings is 1. The summed E-state index contributed by atoms with van der Waals surface area (Å²) in [6, 6.07) is 4.54. The summed E-state index contributed by atoms with van der Waals surface area (Å²) in [5.74, 6) is 5.05. The number of aliphatic hydroxyl groups excluding tert-OH is 1. The molecule has 19 heavy (non-hydrogen) atoms. The molecule has 1 N–H and O–H groups in total. The monoisotopic (exact) mass is 261 g/mol. The van der Waals surface area contributed by atoms with E-state index in [1.54, 1.807) is 17.0 Å². The Bertz CT molecular complexity index is 531. The Morgan fingerprint density at radius 3 is 2.95 bits per heavy atom. The molecule has 1 fully saturated rings. The van der Waals surface area contributed by atoms with Crippen LogP contribution in [0, 0.1) is 17.7 Å². The van der Waals surface area contributed by atoms with E-state index in [0.717, 1.165) is 12.8 Å². The van der Waals surface area contributed by atoms with E-state index in [-0.39, 0.29) is 18.1 Å². The van der Waals surface area contributed by atoms with Gasteiger partial charge >= 0.3 is 0 Å². The Kier molecular flexibility index (Phi) is 4.53. The molecule has 100 valence electrons. The van der Waals surface area contributed by atoms with Crippen molar-refractivity contribution in [3.05, 3.63) is 29.6 Å². The summed E-state index contributed by atoms with van der Waals surface area (Å²) in [7, 11) is 0. The molecule has 1 aromatic carbocycles. The molecule has 0 bridgehead atoms. The van der Waals surface area contributed by atoms with Crippen LogP contribution in [0.3, 0.4) is 0 Å². The van der Waals surface area contributed by atoms with Gasteiger partial charge in [-0.2, -0.15) is 0 Å². The van der Waals surface area contributed by atoms with Crippen LogP contribution in [0.4, 0.5) is 10.1 Å². The van der Waals surface area contributed by atoms with Crippen molar-refractivity contribution in [1.82, 2.24) is 0 Å². The molecule has 0 saturated carbocycles. The molecule has 1 heterocycles. The highest BCUT2D eigenvalue weighted by atomic mass is 19.1. The first-order chi connectivity index (χ1) is 9.22. The molecule has 0 spiro atoms. The molecular weight excluding hydrogens is 245 g/mol. The number of carbonyl (C=O) groups excluding carboxylic acids is 1. The topological polar surface area (TPSA) is 40.5 Å². The van der Waals surface area contributed by atoms with Crippen LogP contribution < -0.4 is 4.90 Å². The molecule has 0 unspecified atom stereocenters. The molecular formula is C15H16FNO2. The predicted molar refractivity (Wildman–Crippen MR) is 71.2 cm³/mol. The number of amides is 1. The normalized spacial score (nSPS) is 15.1. The minimum absolute atomic E-state index is 0.0427. The number of aliphatic hydroxyl groups is 1. The minimum atomic E-state index is -0.404. The highest BCUT2D eigenvalue weighted by Gasteiger charge is 2.20. The molecule has 2 rings (SSSR count). The average Bonchev–Trinajstić information content (AvgIpc) is 2.42. The van der Waals surface area contributed by atoms with Crippen molar-refractivity contribution in [3.8, 4) is 11.8 Å². The molecule has 1 aliphatic heterocycles. The average molecular weight is 261 g/mol. The Balaban J connectivity index is 2.25. The van der Waals surface area contributed by atoms with Gasteiger partial charge in [0.25, 0.3) is 0 Å². The molecule has 1 saturated heterocycles. The fraction of sp³-hybridized carbons (Fsp3) is 0.400. The maximum absolute atomic E-state index is 13.6. The van der Waals surface area contributed by atoms with Gasteiger partial charge in [0, 0.05) is 25.1 Å². The maximum Gasteiger partial charge on any atom is 0.226 e. The zero-order valence-electron chi connectivity index (χ0n) is 10.7. The van der Waals surface area contributed by atoms with Crippen molar-refractivity contribution in [2.24, 2.45) is 0 Å². The van der Waals surface area contributed by atoms with Gasteiger partial charge in [-0.25, -0.2) is 4.39 Å². The third-order valence-electron chi connectivity index (χ3n) is 3.04. The van der Waals surface area contributed by atoms with Crippen molar-refractivity contribution >= 4 is 11.6 Å². The van der Waals surface area contributed by atoms with Crippen molar-refractivity contribution in [2.75, 3.05) is 18.1 Å². The highest BCUT2D eigenvalue weighted by molar-refractivity contribution is 5.94. The number of rotatable bonds is 2. The van der Waals surface area contributed by atoms with Crippen LogP contribution in [-0.2, 0) is 4.79 Å². The Morgan fingerprint density at radius 1 is 1.37 bits per heavy atom. The van der Waals surface area contributed by atoms with E-state index >= 15 is 0 Å². The first kappa shape index (κ1) is 13.6. The van der Waals surface area contributed by atoms with Crippen molar-refractivity contribution in [1.29, 1.82) is 0 Å². The van der Waals surface area contributed by atoms with Gasteiger partial charge in [0.15, 0.2) is 0 Å². The summed E-state index contributed by atoms with van der Waals surface area (Å²) < 4.78 is 13.6. The molecule has 0 aromatic heterocycles. The highest BCUT2D eigenvalue weighted by Crippen LogP contribution is 2.23. The second-order valence-electron chi connectivity index (χ2n) is 4.44. The zero-order chi connectivity index (χ0) is 13.7. The number of hydrogen-bond donors (Lipinski definition) is 1. The number of piperidine rings is 1. The summed E-state index contributed by atoms with van der Waals surface area (Å²) in [5.41, 5.74) is 0.962. The number of hydrogen-bond acceptors (Lipinski definition) is 2. The second kappa shape index (κ2) is 6.35. The van der Waals surface area contributed by atoms with Gasteiger partial charge in [-0.3, -0.25) is 4.79 Å². The number of carbonyl (C=O) groups is 1. The lowest BCUT2D eigenvalue weighted by molar-refractivity contribution is -0.119. The quantitative estimate of drug-likeness (QED) is 0.828. The van der Waals surface area contributed by atoms with Gasteiger partial charge in [-0.1, -0.05) is 11.8 Å². The number of nitrogens with zero attached hydrogens (tertiary/aromatic N) is 1.